The molecule has 1 heterocycles. The Hall–Kier alpha value is -3.38. The number of hydrogen-bond donors (Lipinski definition) is 1. The van der Waals surface area contributed by atoms with E-state index >= 15 is 0 Å². The number of aryl methyl sites for hydroxylation is 2. The summed E-state index contributed by atoms with van der Waals surface area (Å²) in [4.78, 5) is 29.0. The molecule has 0 unspecified atom stereocenters. The number of imide groups is 1. The molecule has 0 fully saturated rings. The van der Waals surface area contributed by atoms with Crippen molar-refractivity contribution in [2.45, 2.75) is 18.7 Å². The van der Waals surface area contributed by atoms with E-state index in [9.17, 15) is 14.0 Å². The number of nitrogens with zero attached hydrogens (tertiary/aromatic N) is 1. The second kappa shape index (κ2) is 8.16. The third-order valence-corrected chi connectivity index (χ3v) is 5.80. The van der Waals surface area contributed by atoms with Gasteiger partial charge in [-0.15, -0.1) is 0 Å². The van der Waals surface area contributed by atoms with Crippen LogP contribution in [0.25, 0.3) is 0 Å². The zero-order chi connectivity index (χ0) is 21.3. The van der Waals surface area contributed by atoms with Gasteiger partial charge in [0.15, 0.2) is 0 Å². The summed E-state index contributed by atoms with van der Waals surface area (Å²) in [5.74, 6) is -1.20. The van der Waals surface area contributed by atoms with E-state index in [1.54, 1.807) is 6.07 Å². The fourth-order valence-electron chi connectivity index (χ4n) is 3.27. The van der Waals surface area contributed by atoms with Gasteiger partial charge in [0.05, 0.1) is 5.69 Å². The van der Waals surface area contributed by atoms with Crippen molar-refractivity contribution in [2.75, 3.05) is 10.2 Å². The van der Waals surface area contributed by atoms with Crippen molar-refractivity contribution < 1.29 is 14.0 Å². The average molecular weight is 418 g/mol. The van der Waals surface area contributed by atoms with Crippen LogP contribution in [0.2, 0.25) is 0 Å². The second-order valence-electron chi connectivity index (χ2n) is 6.99. The number of thioether (sulfide) groups is 1. The summed E-state index contributed by atoms with van der Waals surface area (Å²) in [6.45, 7) is 3.83. The van der Waals surface area contributed by atoms with Crippen molar-refractivity contribution in [1.29, 1.82) is 0 Å². The number of hydrogen-bond acceptors (Lipinski definition) is 4. The predicted molar refractivity (Wildman–Crippen MR) is 118 cm³/mol. The Balaban J connectivity index is 1.76. The van der Waals surface area contributed by atoms with Crippen LogP contribution in [0.3, 0.4) is 0 Å². The largest absolute Gasteiger partial charge is 0.350 e. The van der Waals surface area contributed by atoms with Crippen LogP contribution in [0.5, 0.6) is 0 Å². The van der Waals surface area contributed by atoms with Crippen LogP contribution in [-0.4, -0.2) is 11.8 Å². The molecule has 0 saturated carbocycles. The molecule has 4 rings (SSSR count). The van der Waals surface area contributed by atoms with E-state index < -0.39 is 5.91 Å². The number of nitrogens with one attached hydrogen (secondary N) is 1. The van der Waals surface area contributed by atoms with Crippen molar-refractivity contribution in [3.63, 3.8) is 0 Å². The number of halogens is 1. The first-order chi connectivity index (χ1) is 14.4. The molecule has 0 radical (unpaired) electrons. The van der Waals surface area contributed by atoms with Gasteiger partial charge in [-0.05, 0) is 61.9 Å². The fraction of sp³-hybridized carbons (Fsp3) is 0.0833. The SMILES string of the molecule is Cc1ccc(N2C(=O)C(Nc3ccc(F)cc3)=C(Sc3ccccc3)C2=O)c(C)c1. The standard InChI is InChI=1S/C24H19FN2O2S/c1-15-8-13-20(16(2)14-15)27-23(28)21(26-18-11-9-17(25)10-12-18)22(24(27)29)30-19-6-4-3-5-7-19/h3-14,26H,1-2H3. The fourth-order valence-corrected chi connectivity index (χ4v) is 4.22. The molecule has 1 N–H and O–H groups in total. The molecule has 4 nitrogen and oxygen atoms in total. The lowest BCUT2D eigenvalue weighted by atomic mass is 10.1. The molecule has 150 valence electrons. The second-order valence-corrected chi connectivity index (χ2v) is 8.07. The van der Waals surface area contributed by atoms with Gasteiger partial charge in [-0.25, -0.2) is 9.29 Å². The Morgan fingerprint density at radius 2 is 1.57 bits per heavy atom. The molecule has 0 aliphatic carbocycles. The maximum atomic E-state index is 13.3. The summed E-state index contributed by atoms with van der Waals surface area (Å²) in [5.41, 5.74) is 3.15. The van der Waals surface area contributed by atoms with E-state index in [-0.39, 0.29) is 17.4 Å². The molecule has 0 spiro atoms. The van der Waals surface area contributed by atoms with Crippen LogP contribution >= 0.6 is 11.8 Å². The van der Waals surface area contributed by atoms with E-state index in [1.165, 1.54) is 40.9 Å². The van der Waals surface area contributed by atoms with Crippen LogP contribution in [0, 0.1) is 19.7 Å². The third kappa shape index (κ3) is 3.86. The van der Waals surface area contributed by atoms with Gasteiger partial charge in [0.2, 0.25) is 0 Å². The molecule has 3 aromatic rings. The summed E-state index contributed by atoms with van der Waals surface area (Å²) >= 11 is 1.23. The molecular weight excluding hydrogens is 399 g/mol. The van der Waals surface area contributed by atoms with E-state index in [1.807, 2.05) is 56.3 Å². The molecule has 0 bridgehead atoms. The molecule has 6 heteroatoms. The number of carbonyl (C=O) groups excluding carboxylic acids is 2. The first-order valence-corrected chi connectivity index (χ1v) is 10.2. The van der Waals surface area contributed by atoms with Gasteiger partial charge in [-0.2, -0.15) is 0 Å². The van der Waals surface area contributed by atoms with Gasteiger partial charge in [-0.3, -0.25) is 9.59 Å². The van der Waals surface area contributed by atoms with E-state index in [0.717, 1.165) is 16.0 Å². The van der Waals surface area contributed by atoms with Crippen LogP contribution < -0.4 is 10.2 Å². The zero-order valence-electron chi connectivity index (χ0n) is 16.5. The van der Waals surface area contributed by atoms with Crippen molar-refractivity contribution in [1.82, 2.24) is 0 Å². The maximum Gasteiger partial charge on any atom is 0.283 e. The molecule has 0 saturated heterocycles. The summed E-state index contributed by atoms with van der Waals surface area (Å²) in [5, 5.41) is 3.03. The Morgan fingerprint density at radius 3 is 2.23 bits per heavy atom. The average Bonchev–Trinajstić information content (AvgIpc) is 2.95. The number of rotatable bonds is 5. The lowest BCUT2D eigenvalue weighted by molar-refractivity contribution is -0.120. The topological polar surface area (TPSA) is 49.4 Å². The molecule has 1 aliphatic rings. The first kappa shape index (κ1) is 19.9. The van der Waals surface area contributed by atoms with Crippen molar-refractivity contribution in [3.05, 3.63) is 100 Å². The maximum absolute atomic E-state index is 13.3. The molecule has 0 aromatic heterocycles. The third-order valence-electron chi connectivity index (χ3n) is 4.71. The molecule has 0 atom stereocenters. The normalized spacial score (nSPS) is 13.9. The van der Waals surface area contributed by atoms with Gasteiger partial charge < -0.3 is 5.32 Å². The molecule has 1 aliphatic heterocycles. The number of amides is 2. The lowest BCUT2D eigenvalue weighted by Gasteiger charge is -2.18. The number of anilines is 2. The van der Waals surface area contributed by atoms with Gasteiger partial charge in [-0.1, -0.05) is 47.7 Å². The molecular formula is C24H19FN2O2S. The Bertz CT molecular complexity index is 1160. The summed E-state index contributed by atoms with van der Waals surface area (Å²) < 4.78 is 13.3. The number of carbonyl (C=O) groups is 2. The molecule has 30 heavy (non-hydrogen) atoms. The minimum atomic E-state index is -0.435. The first-order valence-electron chi connectivity index (χ1n) is 9.40. The Morgan fingerprint density at radius 1 is 0.867 bits per heavy atom. The smallest absolute Gasteiger partial charge is 0.283 e. The van der Waals surface area contributed by atoms with E-state index in [4.69, 9.17) is 0 Å². The van der Waals surface area contributed by atoms with Gasteiger partial charge in [0, 0.05) is 10.6 Å². The van der Waals surface area contributed by atoms with Gasteiger partial charge in [0.25, 0.3) is 11.8 Å². The number of benzene rings is 3. The summed E-state index contributed by atoms with van der Waals surface area (Å²) in [6.07, 6.45) is 0. The highest BCUT2D eigenvalue weighted by Gasteiger charge is 2.40. The minimum Gasteiger partial charge on any atom is -0.350 e. The monoisotopic (exact) mass is 418 g/mol. The highest BCUT2D eigenvalue weighted by molar-refractivity contribution is 8.04. The van der Waals surface area contributed by atoms with Crippen LogP contribution in [-0.2, 0) is 9.59 Å². The van der Waals surface area contributed by atoms with Gasteiger partial charge in [0.1, 0.15) is 16.4 Å². The minimum absolute atomic E-state index is 0.181. The quantitative estimate of drug-likeness (QED) is 0.561. The molecule has 2 amide bonds. The highest BCUT2D eigenvalue weighted by Crippen LogP contribution is 2.38. The van der Waals surface area contributed by atoms with E-state index in [0.29, 0.717) is 16.3 Å². The van der Waals surface area contributed by atoms with Crippen LogP contribution in [0.4, 0.5) is 15.8 Å². The van der Waals surface area contributed by atoms with Crippen molar-refractivity contribution in [2.24, 2.45) is 0 Å². The Labute approximate surface area is 178 Å². The predicted octanol–water partition coefficient (Wildman–Crippen LogP) is 5.43. The molecule has 3 aromatic carbocycles. The van der Waals surface area contributed by atoms with Crippen molar-refractivity contribution in [3.8, 4) is 0 Å². The summed E-state index contributed by atoms with van der Waals surface area (Å²) in [6, 6.07) is 20.7. The van der Waals surface area contributed by atoms with E-state index in [2.05, 4.69) is 5.32 Å². The van der Waals surface area contributed by atoms with Gasteiger partial charge >= 0.3 is 0 Å². The van der Waals surface area contributed by atoms with Crippen LogP contribution in [0.1, 0.15) is 11.1 Å². The van der Waals surface area contributed by atoms with Crippen LogP contribution in [0.15, 0.2) is 88.3 Å². The Kier molecular flexibility index (Phi) is 5.42. The van der Waals surface area contributed by atoms with Crippen molar-refractivity contribution >= 4 is 35.0 Å². The highest BCUT2D eigenvalue weighted by atomic mass is 32.2. The lowest BCUT2D eigenvalue weighted by Crippen LogP contribution is -2.33. The summed E-state index contributed by atoms with van der Waals surface area (Å²) in [7, 11) is 0. The zero-order valence-corrected chi connectivity index (χ0v) is 17.3.